The fraction of sp³-hybridized carbons (Fsp3) is 0.800. The molecule has 0 atom stereocenters. The van der Waals surface area contributed by atoms with Crippen LogP contribution < -0.4 is 0 Å². The highest BCUT2D eigenvalue weighted by Crippen LogP contribution is 2.32. The Kier molecular flexibility index (Phi) is 4.05. The Hall–Kier alpha value is -0.330. The summed E-state index contributed by atoms with van der Waals surface area (Å²) in [6, 6.07) is 0.655. The van der Waals surface area contributed by atoms with Gasteiger partial charge in [0, 0.05) is 19.0 Å². The van der Waals surface area contributed by atoms with Gasteiger partial charge >= 0.3 is 5.97 Å². The molecule has 2 fully saturated rings. The van der Waals surface area contributed by atoms with Crippen molar-refractivity contribution in [2.75, 3.05) is 19.1 Å². The van der Waals surface area contributed by atoms with E-state index in [-0.39, 0.29) is 6.42 Å². The van der Waals surface area contributed by atoms with Crippen molar-refractivity contribution in [2.45, 2.75) is 31.7 Å². The Labute approximate surface area is 105 Å². The molecule has 90 valence electrons. The maximum absolute atomic E-state index is 10.4. The predicted octanol–water partition coefficient (Wildman–Crippen LogP) is 1.56. The average molecular weight is 260 g/mol. The second kappa shape index (κ2) is 5.33. The molecule has 16 heavy (non-hydrogen) atoms. The van der Waals surface area contributed by atoms with Gasteiger partial charge in [-0.05, 0) is 19.3 Å². The molecule has 0 aromatic carbocycles. The van der Waals surface area contributed by atoms with Gasteiger partial charge in [-0.3, -0.25) is 9.69 Å². The third-order valence-electron chi connectivity index (χ3n) is 2.81. The third kappa shape index (κ3) is 3.33. The summed E-state index contributed by atoms with van der Waals surface area (Å²) in [4.78, 5) is 15.0. The molecule has 2 rings (SSSR count). The number of nitrogens with zero attached hydrogens (tertiary/aromatic N) is 2. The van der Waals surface area contributed by atoms with E-state index >= 15 is 0 Å². The van der Waals surface area contributed by atoms with Crippen molar-refractivity contribution >= 4 is 34.3 Å². The van der Waals surface area contributed by atoms with Crippen LogP contribution in [0.15, 0.2) is 0 Å². The molecule has 0 spiro atoms. The second-order valence-corrected chi connectivity index (χ2v) is 5.85. The van der Waals surface area contributed by atoms with Crippen LogP contribution in [-0.4, -0.2) is 50.3 Å². The van der Waals surface area contributed by atoms with Gasteiger partial charge in [-0.25, -0.2) is 0 Å². The van der Waals surface area contributed by atoms with Crippen molar-refractivity contribution in [1.29, 1.82) is 0 Å². The average Bonchev–Trinajstić information content (AvgIpc) is 3.03. The van der Waals surface area contributed by atoms with Crippen molar-refractivity contribution in [3.05, 3.63) is 0 Å². The Bertz CT molecular complexity index is 295. The molecule has 0 aromatic heterocycles. The van der Waals surface area contributed by atoms with E-state index < -0.39 is 5.97 Å². The van der Waals surface area contributed by atoms with Crippen LogP contribution in [0.4, 0.5) is 0 Å². The molecule has 1 aliphatic carbocycles. The Morgan fingerprint density at radius 3 is 2.94 bits per heavy atom. The summed E-state index contributed by atoms with van der Waals surface area (Å²) in [5, 5.41) is 8.58. The number of thioether (sulfide) groups is 1. The monoisotopic (exact) mass is 260 g/mol. The molecule has 0 unspecified atom stereocenters. The van der Waals surface area contributed by atoms with E-state index in [1.54, 1.807) is 11.8 Å². The maximum Gasteiger partial charge on any atom is 0.303 e. The van der Waals surface area contributed by atoms with Crippen LogP contribution in [0.2, 0.25) is 0 Å². The molecular formula is C10H16N2O2S2. The minimum absolute atomic E-state index is 0.259. The number of aliphatic carboxylic acids is 1. The summed E-state index contributed by atoms with van der Waals surface area (Å²) in [6.45, 7) is 1.74. The van der Waals surface area contributed by atoms with Gasteiger partial charge in [0.2, 0.25) is 0 Å². The molecular weight excluding hydrogens is 244 g/mol. The number of hydrogen-bond donors (Lipinski definition) is 1. The zero-order chi connectivity index (χ0) is 11.5. The van der Waals surface area contributed by atoms with Gasteiger partial charge in [0.1, 0.15) is 4.32 Å². The molecule has 1 aliphatic heterocycles. The number of carbonyl (C=O) groups is 1. The van der Waals surface area contributed by atoms with Crippen LogP contribution in [-0.2, 0) is 4.79 Å². The summed E-state index contributed by atoms with van der Waals surface area (Å²) in [5.74, 6) is 0.195. The van der Waals surface area contributed by atoms with E-state index in [9.17, 15) is 4.79 Å². The number of rotatable bonds is 5. The zero-order valence-electron chi connectivity index (χ0n) is 9.09. The molecule has 0 aromatic rings. The van der Waals surface area contributed by atoms with Gasteiger partial charge in [-0.15, -0.1) is 0 Å². The van der Waals surface area contributed by atoms with E-state index in [4.69, 9.17) is 17.3 Å². The van der Waals surface area contributed by atoms with E-state index in [0.717, 1.165) is 29.8 Å². The first-order valence-corrected chi connectivity index (χ1v) is 6.94. The van der Waals surface area contributed by atoms with Gasteiger partial charge in [0.05, 0.1) is 12.5 Å². The third-order valence-corrected chi connectivity index (χ3v) is 4.37. The van der Waals surface area contributed by atoms with Crippen molar-refractivity contribution in [3.63, 3.8) is 0 Å². The van der Waals surface area contributed by atoms with Crippen molar-refractivity contribution < 1.29 is 9.90 Å². The van der Waals surface area contributed by atoms with E-state index in [1.807, 2.05) is 0 Å². The quantitative estimate of drug-likeness (QED) is 0.757. The summed E-state index contributed by atoms with van der Waals surface area (Å²) in [5.41, 5.74) is 0. The highest BCUT2D eigenvalue weighted by molar-refractivity contribution is 8.22. The number of thiocarbonyl (C=S) groups is 1. The molecule has 2 aliphatic rings. The highest BCUT2D eigenvalue weighted by atomic mass is 32.2. The van der Waals surface area contributed by atoms with Gasteiger partial charge < -0.3 is 10.0 Å². The normalized spacial score (nSPS) is 22.5. The fourth-order valence-electron chi connectivity index (χ4n) is 1.78. The highest BCUT2D eigenvalue weighted by Gasteiger charge is 2.34. The van der Waals surface area contributed by atoms with Gasteiger partial charge in [-0.1, -0.05) is 24.0 Å². The lowest BCUT2D eigenvalue weighted by atomic mass is 10.3. The van der Waals surface area contributed by atoms with E-state index in [0.29, 0.717) is 6.04 Å². The van der Waals surface area contributed by atoms with Crippen LogP contribution in [0.1, 0.15) is 25.7 Å². The summed E-state index contributed by atoms with van der Waals surface area (Å²) < 4.78 is 1.01. The maximum atomic E-state index is 10.4. The first-order chi connectivity index (χ1) is 7.66. The first kappa shape index (κ1) is 12.1. The molecule has 1 saturated carbocycles. The smallest absolute Gasteiger partial charge is 0.303 e. The summed E-state index contributed by atoms with van der Waals surface area (Å²) in [7, 11) is 0. The van der Waals surface area contributed by atoms with Gasteiger partial charge in [-0.2, -0.15) is 0 Å². The Morgan fingerprint density at radius 1 is 1.56 bits per heavy atom. The predicted molar refractivity (Wildman–Crippen MR) is 68.4 cm³/mol. The van der Waals surface area contributed by atoms with Crippen LogP contribution in [0.5, 0.6) is 0 Å². The first-order valence-electron chi connectivity index (χ1n) is 5.54. The standard InChI is InChI=1S/C10H16N2O2S2/c13-9(14)2-1-5-11-6-12(8-3-4-8)10(15)16-7-11/h8H,1-7H2,(H,13,14). The lowest BCUT2D eigenvalue weighted by Crippen LogP contribution is -2.46. The minimum Gasteiger partial charge on any atom is -0.481 e. The number of hydrogen-bond acceptors (Lipinski definition) is 4. The molecule has 0 radical (unpaired) electrons. The number of carboxylic acids is 1. The topological polar surface area (TPSA) is 43.8 Å². The molecule has 0 bridgehead atoms. The Morgan fingerprint density at radius 2 is 2.31 bits per heavy atom. The van der Waals surface area contributed by atoms with Gasteiger partial charge in [0.15, 0.2) is 0 Å². The van der Waals surface area contributed by atoms with Crippen molar-refractivity contribution in [1.82, 2.24) is 9.80 Å². The van der Waals surface area contributed by atoms with E-state index in [2.05, 4.69) is 9.80 Å². The molecule has 6 heteroatoms. The van der Waals surface area contributed by atoms with Crippen molar-refractivity contribution in [2.24, 2.45) is 0 Å². The molecule has 1 heterocycles. The Balaban J connectivity index is 1.74. The minimum atomic E-state index is -0.709. The van der Waals surface area contributed by atoms with Crippen LogP contribution in [0.3, 0.4) is 0 Å². The zero-order valence-corrected chi connectivity index (χ0v) is 10.7. The SMILES string of the molecule is O=C(O)CCCN1CSC(=S)N(C2CC2)C1. The summed E-state index contributed by atoms with van der Waals surface area (Å²) >= 11 is 7.02. The molecule has 1 saturated heterocycles. The number of carboxylic acid groups (broad SMARTS) is 1. The fourth-order valence-corrected chi connectivity index (χ4v) is 3.02. The molecule has 0 amide bonds. The van der Waals surface area contributed by atoms with Crippen LogP contribution in [0, 0.1) is 0 Å². The van der Waals surface area contributed by atoms with Crippen LogP contribution >= 0.6 is 24.0 Å². The van der Waals surface area contributed by atoms with Crippen molar-refractivity contribution in [3.8, 4) is 0 Å². The lowest BCUT2D eigenvalue weighted by Gasteiger charge is -2.36. The largest absolute Gasteiger partial charge is 0.481 e. The lowest BCUT2D eigenvalue weighted by molar-refractivity contribution is -0.137. The summed E-state index contributed by atoms with van der Waals surface area (Å²) in [6.07, 6.45) is 3.49. The second-order valence-electron chi connectivity index (χ2n) is 4.27. The van der Waals surface area contributed by atoms with Gasteiger partial charge in [0.25, 0.3) is 0 Å². The van der Waals surface area contributed by atoms with Crippen LogP contribution in [0.25, 0.3) is 0 Å². The molecule has 4 nitrogen and oxygen atoms in total. The van der Waals surface area contributed by atoms with E-state index in [1.165, 1.54) is 12.8 Å². The molecule has 1 N–H and O–H groups in total.